The first-order valence-electron chi connectivity index (χ1n) is 7.39. The van der Waals surface area contributed by atoms with Crippen molar-refractivity contribution >= 4 is 10.0 Å². The molecule has 0 aromatic heterocycles. The highest BCUT2D eigenvalue weighted by atomic mass is 32.2. The lowest BCUT2D eigenvalue weighted by molar-refractivity contribution is 0.0390. The van der Waals surface area contributed by atoms with Gasteiger partial charge in [0, 0.05) is 26.2 Å². The average Bonchev–Trinajstić information content (AvgIpc) is 2.47. The molecule has 0 spiro atoms. The molecule has 0 unspecified atom stereocenters. The fourth-order valence-corrected chi connectivity index (χ4v) is 3.96. The van der Waals surface area contributed by atoms with E-state index in [0.717, 1.165) is 24.2 Å². The number of nitrogens with zero attached hydrogens (tertiary/aromatic N) is 1. The fourth-order valence-electron chi connectivity index (χ4n) is 2.62. The molecule has 0 radical (unpaired) electrons. The predicted octanol–water partition coefficient (Wildman–Crippen LogP) is 0.923. The zero-order chi connectivity index (χ0) is 16.2. The summed E-state index contributed by atoms with van der Waals surface area (Å²) in [4.78, 5) is 2.39. The van der Waals surface area contributed by atoms with Crippen molar-refractivity contribution in [2.75, 3.05) is 46.5 Å². The van der Waals surface area contributed by atoms with Crippen LogP contribution in [0.3, 0.4) is 0 Å². The van der Waals surface area contributed by atoms with Gasteiger partial charge in [-0.2, -0.15) is 0 Å². The second-order valence-electron chi connectivity index (χ2n) is 5.46. The van der Waals surface area contributed by atoms with E-state index in [0.29, 0.717) is 32.1 Å². The van der Waals surface area contributed by atoms with Crippen LogP contribution in [0.5, 0.6) is 5.75 Å². The van der Waals surface area contributed by atoms with E-state index in [1.807, 2.05) is 19.9 Å². The summed E-state index contributed by atoms with van der Waals surface area (Å²) in [6.45, 7) is 7.87. The number of hydrogen-bond acceptors (Lipinski definition) is 5. The third-order valence-corrected chi connectivity index (χ3v) is 5.17. The first-order chi connectivity index (χ1) is 10.4. The van der Waals surface area contributed by atoms with Gasteiger partial charge in [0.25, 0.3) is 0 Å². The topological polar surface area (TPSA) is 67.9 Å². The van der Waals surface area contributed by atoms with Gasteiger partial charge in [-0.05, 0) is 31.0 Å². The number of sulfonamides is 1. The van der Waals surface area contributed by atoms with Crippen molar-refractivity contribution in [2.45, 2.75) is 18.7 Å². The Kier molecular flexibility index (Phi) is 5.80. The van der Waals surface area contributed by atoms with Gasteiger partial charge in [0.15, 0.2) is 0 Å². The molecule has 1 fully saturated rings. The van der Waals surface area contributed by atoms with Crippen molar-refractivity contribution < 1.29 is 17.9 Å². The molecule has 0 saturated carbocycles. The molecule has 22 heavy (non-hydrogen) atoms. The fraction of sp³-hybridized carbons (Fsp3) is 0.600. The van der Waals surface area contributed by atoms with Crippen LogP contribution >= 0.6 is 0 Å². The quantitative estimate of drug-likeness (QED) is 0.841. The second kappa shape index (κ2) is 7.41. The molecule has 124 valence electrons. The normalized spacial score (nSPS) is 16.7. The number of ether oxygens (including phenoxy) is 2. The Hall–Kier alpha value is -1.15. The van der Waals surface area contributed by atoms with Gasteiger partial charge in [0.1, 0.15) is 10.6 Å². The molecule has 1 N–H and O–H groups in total. The predicted molar refractivity (Wildman–Crippen MR) is 84.9 cm³/mol. The maximum Gasteiger partial charge on any atom is 0.244 e. The van der Waals surface area contributed by atoms with E-state index in [1.165, 1.54) is 7.11 Å². The molecule has 0 amide bonds. The third kappa shape index (κ3) is 4.19. The summed E-state index contributed by atoms with van der Waals surface area (Å²) in [5, 5.41) is 0. The monoisotopic (exact) mass is 328 g/mol. The van der Waals surface area contributed by atoms with Crippen LogP contribution in [0.1, 0.15) is 11.1 Å². The minimum atomic E-state index is -3.58. The van der Waals surface area contributed by atoms with Crippen molar-refractivity contribution in [3.8, 4) is 5.75 Å². The first kappa shape index (κ1) is 17.2. The average molecular weight is 328 g/mol. The maximum absolute atomic E-state index is 12.5. The molecule has 1 aromatic rings. The number of rotatable bonds is 6. The van der Waals surface area contributed by atoms with Gasteiger partial charge in [-0.15, -0.1) is 0 Å². The van der Waals surface area contributed by atoms with E-state index in [-0.39, 0.29) is 4.90 Å². The molecule has 1 aliphatic rings. The molecule has 2 rings (SSSR count). The molecule has 1 saturated heterocycles. The van der Waals surface area contributed by atoms with Crippen LogP contribution in [0, 0.1) is 13.8 Å². The van der Waals surface area contributed by atoms with Crippen LogP contribution in [0.2, 0.25) is 0 Å². The number of morpholine rings is 1. The van der Waals surface area contributed by atoms with E-state index in [2.05, 4.69) is 9.62 Å². The lowest BCUT2D eigenvalue weighted by atomic mass is 10.1. The molecular weight excluding hydrogens is 304 g/mol. The van der Waals surface area contributed by atoms with E-state index in [1.54, 1.807) is 6.07 Å². The number of nitrogens with one attached hydrogen (secondary N) is 1. The van der Waals surface area contributed by atoms with Crippen LogP contribution < -0.4 is 9.46 Å². The van der Waals surface area contributed by atoms with Crippen LogP contribution in [-0.2, 0) is 14.8 Å². The maximum atomic E-state index is 12.5. The lowest BCUT2D eigenvalue weighted by Gasteiger charge is -2.26. The molecule has 7 heteroatoms. The van der Waals surface area contributed by atoms with Gasteiger partial charge in [0.2, 0.25) is 10.0 Å². The Balaban J connectivity index is 2.06. The third-order valence-electron chi connectivity index (χ3n) is 3.70. The minimum Gasteiger partial charge on any atom is -0.495 e. The van der Waals surface area contributed by atoms with Gasteiger partial charge in [-0.25, -0.2) is 13.1 Å². The van der Waals surface area contributed by atoms with Crippen molar-refractivity contribution in [1.82, 2.24) is 9.62 Å². The summed E-state index contributed by atoms with van der Waals surface area (Å²) < 4.78 is 38.3. The number of methoxy groups -OCH3 is 1. The first-order valence-corrected chi connectivity index (χ1v) is 8.87. The molecular formula is C15H24N2O4S. The molecule has 0 atom stereocenters. The summed E-state index contributed by atoms with van der Waals surface area (Å²) in [5.74, 6) is 0.407. The highest BCUT2D eigenvalue weighted by Gasteiger charge is 2.21. The zero-order valence-corrected chi connectivity index (χ0v) is 14.2. The van der Waals surface area contributed by atoms with Crippen LogP contribution in [0.4, 0.5) is 0 Å². The second-order valence-corrected chi connectivity index (χ2v) is 7.20. The van der Waals surface area contributed by atoms with Crippen LogP contribution in [-0.4, -0.2) is 59.8 Å². The molecule has 0 bridgehead atoms. The summed E-state index contributed by atoms with van der Waals surface area (Å²) >= 11 is 0. The van der Waals surface area contributed by atoms with E-state index < -0.39 is 10.0 Å². The Morgan fingerprint density at radius 1 is 1.27 bits per heavy atom. The lowest BCUT2D eigenvalue weighted by Crippen LogP contribution is -2.41. The Labute approximate surface area is 132 Å². The molecule has 1 aliphatic heterocycles. The Morgan fingerprint density at radius 2 is 1.95 bits per heavy atom. The molecule has 6 nitrogen and oxygen atoms in total. The van der Waals surface area contributed by atoms with E-state index in [9.17, 15) is 8.42 Å². The van der Waals surface area contributed by atoms with Crippen molar-refractivity contribution in [3.05, 3.63) is 23.3 Å². The van der Waals surface area contributed by atoms with Gasteiger partial charge in [0.05, 0.1) is 20.3 Å². The Bertz CT molecular complexity index is 610. The number of hydrogen-bond donors (Lipinski definition) is 1. The van der Waals surface area contributed by atoms with Crippen molar-refractivity contribution in [2.24, 2.45) is 0 Å². The Morgan fingerprint density at radius 3 is 2.59 bits per heavy atom. The standard InChI is InChI=1S/C15H24N2O4S/c1-12-10-13(2)15(20-3)14(11-12)22(18,19)16-4-5-17-6-8-21-9-7-17/h10-11,16H,4-9H2,1-3H3. The summed E-state index contributed by atoms with van der Waals surface area (Å²) in [7, 11) is -2.09. The minimum absolute atomic E-state index is 0.203. The molecule has 1 aromatic carbocycles. The summed E-state index contributed by atoms with van der Waals surface area (Å²) in [6.07, 6.45) is 0. The SMILES string of the molecule is COc1c(C)cc(C)cc1S(=O)(=O)NCCN1CCOCC1. The van der Waals surface area contributed by atoms with Gasteiger partial charge in [-0.1, -0.05) is 6.07 Å². The highest BCUT2D eigenvalue weighted by molar-refractivity contribution is 7.89. The van der Waals surface area contributed by atoms with Gasteiger partial charge >= 0.3 is 0 Å². The largest absolute Gasteiger partial charge is 0.495 e. The van der Waals surface area contributed by atoms with Gasteiger partial charge < -0.3 is 9.47 Å². The van der Waals surface area contributed by atoms with E-state index >= 15 is 0 Å². The van der Waals surface area contributed by atoms with Crippen molar-refractivity contribution in [1.29, 1.82) is 0 Å². The molecule has 1 heterocycles. The van der Waals surface area contributed by atoms with E-state index in [4.69, 9.17) is 9.47 Å². The molecule has 0 aliphatic carbocycles. The zero-order valence-electron chi connectivity index (χ0n) is 13.4. The summed E-state index contributed by atoms with van der Waals surface area (Å²) in [6, 6.07) is 3.55. The summed E-state index contributed by atoms with van der Waals surface area (Å²) in [5.41, 5.74) is 1.71. The number of aryl methyl sites for hydroxylation is 2. The van der Waals surface area contributed by atoms with Crippen LogP contribution in [0.15, 0.2) is 17.0 Å². The van der Waals surface area contributed by atoms with Gasteiger partial charge in [-0.3, -0.25) is 4.90 Å². The number of benzene rings is 1. The van der Waals surface area contributed by atoms with Crippen LogP contribution in [0.25, 0.3) is 0 Å². The van der Waals surface area contributed by atoms with Crippen molar-refractivity contribution in [3.63, 3.8) is 0 Å². The highest BCUT2D eigenvalue weighted by Crippen LogP contribution is 2.28. The smallest absolute Gasteiger partial charge is 0.244 e.